The van der Waals surface area contributed by atoms with Gasteiger partial charge in [-0.25, -0.2) is 13.4 Å². The van der Waals surface area contributed by atoms with Crippen LogP contribution in [0.15, 0.2) is 41.4 Å². The van der Waals surface area contributed by atoms with Crippen LogP contribution < -0.4 is 9.46 Å². The first-order valence-corrected chi connectivity index (χ1v) is 7.68. The highest BCUT2D eigenvalue weighted by Crippen LogP contribution is 2.22. The van der Waals surface area contributed by atoms with E-state index in [0.29, 0.717) is 22.7 Å². The predicted molar refractivity (Wildman–Crippen MR) is 78.7 cm³/mol. The van der Waals surface area contributed by atoms with Gasteiger partial charge in [-0.05, 0) is 30.2 Å². The molecule has 6 nitrogen and oxygen atoms in total. The highest BCUT2D eigenvalue weighted by Gasteiger charge is 2.18. The van der Waals surface area contributed by atoms with Gasteiger partial charge in [0.05, 0.1) is 30.5 Å². The van der Waals surface area contributed by atoms with Crippen molar-refractivity contribution in [1.82, 2.24) is 4.98 Å². The average molecular weight is 308 g/mol. The highest BCUT2D eigenvalue weighted by molar-refractivity contribution is 7.92. The largest absolute Gasteiger partial charge is 0.481 e. The summed E-state index contributed by atoms with van der Waals surface area (Å²) in [5, 5.41) is 9.22. The maximum atomic E-state index is 12.4. The molecule has 0 radical (unpaired) electrons. The number of ether oxygens (including phenoxy) is 1. The fraction of sp³-hybridized carbons (Fsp3) is 0.214. The molecule has 7 heteroatoms. The zero-order valence-electron chi connectivity index (χ0n) is 11.7. The van der Waals surface area contributed by atoms with Crippen LogP contribution in [0.1, 0.15) is 11.1 Å². The van der Waals surface area contributed by atoms with Gasteiger partial charge in [-0.3, -0.25) is 4.72 Å². The quantitative estimate of drug-likeness (QED) is 0.877. The van der Waals surface area contributed by atoms with Crippen LogP contribution in [-0.4, -0.2) is 25.6 Å². The summed E-state index contributed by atoms with van der Waals surface area (Å²) in [4.78, 5) is 4.07. The first kappa shape index (κ1) is 15.3. The van der Waals surface area contributed by atoms with E-state index in [2.05, 4.69) is 9.71 Å². The van der Waals surface area contributed by atoms with E-state index < -0.39 is 10.0 Å². The molecule has 2 aromatic rings. The summed E-state index contributed by atoms with van der Waals surface area (Å²) in [6, 6.07) is 7.90. The monoisotopic (exact) mass is 308 g/mol. The molecule has 1 aromatic carbocycles. The average Bonchev–Trinajstić information content (AvgIpc) is 2.47. The summed E-state index contributed by atoms with van der Waals surface area (Å²) < 4.78 is 32.2. The van der Waals surface area contributed by atoms with E-state index in [-0.39, 0.29) is 11.5 Å². The summed E-state index contributed by atoms with van der Waals surface area (Å²) in [6.07, 6.45) is 1.38. The third-order valence-electron chi connectivity index (χ3n) is 3.05. The Morgan fingerprint density at radius 1 is 1.29 bits per heavy atom. The van der Waals surface area contributed by atoms with Gasteiger partial charge < -0.3 is 9.84 Å². The molecular formula is C14H16N2O4S. The van der Waals surface area contributed by atoms with Gasteiger partial charge in [0.1, 0.15) is 0 Å². The lowest BCUT2D eigenvalue weighted by Gasteiger charge is -2.12. The van der Waals surface area contributed by atoms with Crippen LogP contribution in [0.25, 0.3) is 0 Å². The Balaban J connectivity index is 2.33. The van der Waals surface area contributed by atoms with Crippen molar-refractivity contribution in [2.24, 2.45) is 0 Å². The van der Waals surface area contributed by atoms with Gasteiger partial charge in [0, 0.05) is 6.07 Å². The summed E-state index contributed by atoms with van der Waals surface area (Å²) in [5.41, 5.74) is 1.43. The van der Waals surface area contributed by atoms with E-state index >= 15 is 0 Å². The molecule has 0 fully saturated rings. The molecule has 0 spiro atoms. The van der Waals surface area contributed by atoms with Crippen molar-refractivity contribution in [1.29, 1.82) is 0 Å². The standard InChI is InChI=1S/C14H16N2O4S/c1-10-11(9-17)4-3-5-13(10)21(18,19)16-12-6-7-14(20-2)15-8-12/h3-8,16-17H,9H2,1-2H3. The number of aromatic nitrogens is 1. The van der Waals surface area contributed by atoms with Gasteiger partial charge in [0.2, 0.25) is 5.88 Å². The van der Waals surface area contributed by atoms with Crippen LogP contribution >= 0.6 is 0 Å². The first-order chi connectivity index (χ1) is 9.97. The summed E-state index contributed by atoms with van der Waals surface area (Å²) >= 11 is 0. The number of anilines is 1. The van der Waals surface area contributed by atoms with E-state index in [9.17, 15) is 13.5 Å². The van der Waals surface area contributed by atoms with Crippen molar-refractivity contribution in [2.75, 3.05) is 11.8 Å². The van der Waals surface area contributed by atoms with Crippen molar-refractivity contribution in [3.8, 4) is 5.88 Å². The van der Waals surface area contributed by atoms with Crippen LogP contribution in [-0.2, 0) is 16.6 Å². The number of sulfonamides is 1. The molecule has 0 unspecified atom stereocenters. The fourth-order valence-corrected chi connectivity index (χ4v) is 3.23. The fourth-order valence-electron chi connectivity index (χ4n) is 1.89. The number of aliphatic hydroxyl groups is 1. The van der Waals surface area contributed by atoms with Gasteiger partial charge in [-0.1, -0.05) is 12.1 Å². The smallest absolute Gasteiger partial charge is 0.262 e. The number of aliphatic hydroxyl groups excluding tert-OH is 1. The molecule has 0 aliphatic carbocycles. The Morgan fingerprint density at radius 2 is 2.05 bits per heavy atom. The number of rotatable bonds is 5. The van der Waals surface area contributed by atoms with Crippen LogP contribution in [0, 0.1) is 6.92 Å². The highest BCUT2D eigenvalue weighted by atomic mass is 32.2. The zero-order chi connectivity index (χ0) is 15.5. The molecular weight excluding hydrogens is 292 g/mol. The number of hydrogen-bond acceptors (Lipinski definition) is 5. The maximum Gasteiger partial charge on any atom is 0.262 e. The molecule has 0 aliphatic heterocycles. The van der Waals surface area contributed by atoms with Gasteiger partial charge in [0.15, 0.2) is 0 Å². The van der Waals surface area contributed by atoms with E-state index in [0.717, 1.165) is 0 Å². The first-order valence-electron chi connectivity index (χ1n) is 6.20. The third kappa shape index (κ3) is 3.32. The number of benzene rings is 1. The Morgan fingerprint density at radius 3 is 2.62 bits per heavy atom. The number of hydrogen-bond donors (Lipinski definition) is 2. The second-order valence-electron chi connectivity index (χ2n) is 4.39. The van der Waals surface area contributed by atoms with Gasteiger partial charge in [-0.2, -0.15) is 0 Å². The number of nitrogens with zero attached hydrogens (tertiary/aromatic N) is 1. The van der Waals surface area contributed by atoms with Crippen molar-refractivity contribution in [3.05, 3.63) is 47.7 Å². The molecule has 21 heavy (non-hydrogen) atoms. The number of methoxy groups -OCH3 is 1. The Labute approximate surface area is 123 Å². The lowest BCUT2D eigenvalue weighted by molar-refractivity contribution is 0.280. The maximum absolute atomic E-state index is 12.4. The lowest BCUT2D eigenvalue weighted by Crippen LogP contribution is -2.15. The molecule has 1 heterocycles. The summed E-state index contributed by atoms with van der Waals surface area (Å²) in [5.74, 6) is 0.399. The minimum Gasteiger partial charge on any atom is -0.481 e. The molecule has 0 bridgehead atoms. The molecule has 2 rings (SSSR count). The van der Waals surface area contributed by atoms with E-state index in [1.54, 1.807) is 31.2 Å². The van der Waals surface area contributed by atoms with Crippen LogP contribution in [0.5, 0.6) is 5.88 Å². The van der Waals surface area contributed by atoms with E-state index in [1.165, 1.54) is 19.4 Å². The van der Waals surface area contributed by atoms with Crippen LogP contribution in [0.2, 0.25) is 0 Å². The van der Waals surface area contributed by atoms with Crippen molar-refractivity contribution < 1.29 is 18.3 Å². The molecule has 112 valence electrons. The molecule has 0 saturated heterocycles. The predicted octanol–water partition coefficient (Wildman–Crippen LogP) is 1.69. The number of nitrogens with one attached hydrogen (secondary N) is 1. The van der Waals surface area contributed by atoms with Crippen LogP contribution in [0.4, 0.5) is 5.69 Å². The van der Waals surface area contributed by atoms with Gasteiger partial charge in [0.25, 0.3) is 10.0 Å². The van der Waals surface area contributed by atoms with Gasteiger partial charge >= 0.3 is 0 Å². The van der Waals surface area contributed by atoms with Gasteiger partial charge in [-0.15, -0.1) is 0 Å². The molecule has 0 atom stereocenters. The lowest BCUT2D eigenvalue weighted by atomic mass is 10.1. The second-order valence-corrected chi connectivity index (χ2v) is 6.04. The van der Waals surface area contributed by atoms with Crippen molar-refractivity contribution in [3.63, 3.8) is 0 Å². The SMILES string of the molecule is COc1ccc(NS(=O)(=O)c2cccc(CO)c2C)cn1. The second kappa shape index (κ2) is 6.11. The summed E-state index contributed by atoms with van der Waals surface area (Å²) in [6.45, 7) is 1.45. The topological polar surface area (TPSA) is 88.5 Å². The summed E-state index contributed by atoms with van der Waals surface area (Å²) in [7, 11) is -2.26. The Hall–Kier alpha value is -2.12. The van der Waals surface area contributed by atoms with Crippen LogP contribution in [0.3, 0.4) is 0 Å². The van der Waals surface area contributed by atoms with E-state index in [1.807, 2.05) is 0 Å². The van der Waals surface area contributed by atoms with Crippen molar-refractivity contribution in [2.45, 2.75) is 18.4 Å². The Kier molecular flexibility index (Phi) is 4.44. The zero-order valence-corrected chi connectivity index (χ0v) is 12.5. The molecule has 0 aliphatic rings. The number of pyridine rings is 1. The van der Waals surface area contributed by atoms with Crippen molar-refractivity contribution >= 4 is 15.7 Å². The third-order valence-corrected chi connectivity index (χ3v) is 4.58. The molecule has 1 aromatic heterocycles. The minimum atomic E-state index is -3.74. The minimum absolute atomic E-state index is 0.130. The van der Waals surface area contributed by atoms with E-state index in [4.69, 9.17) is 4.74 Å². The molecule has 2 N–H and O–H groups in total. The Bertz CT molecular complexity index is 727. The normalized spacial score (nSPS) is 11.2. The molecule has 0 saturated carbocycles. The molecule has 0 amide bonds.